The van der Waals surface area contributed by atoms with Crippen LogP contribution >= 0.6 is 15.9 Å². The third kappa shape index (κ3) is 1.56. The lowest BCUT2D eigenvalue weighted by molar-refractivity contribution is 1.09. The van der Waals surface area contributed by atoms with E-state index in [4.69, 9.17) is 6.42 Å². The van der Waals surface area contributed by atoms with Gasteiger partial charge in [-0.2, -0.15) is 0 Å². The molecule has 0 atom stereocenters. The van der Waals surface area contributed by atoms with Gasteiger partial charge in [0.25, 0.3) is 0 Å². The largest absolute Gasteiger partial charge is 0.356 e. The second-order valence-corrected chi connectivity index (χ2v) is 3.44. The van der Waals surface area contributed by atoms with Crippen LogP contribution in [0.15, 0.2) is 23.2 Å². The molecule has 2 heterocycles. The van der Waals surface area contributed by atoms with E-state index in [9.17, 15) is 0 Å². The summed E-state index contributed by atoms with van der Waals surface area (Å²) >= 11 is 3.31. The predicted molar refractivity (Wildman–Crippen MR) is 58.0 cm³/mol. The maximum Gasteiger partial charge on any atom is 0.180 e. The summed E-state index contributed by atoms with van der Waals surface area (Å²) in [6, 6.07) is 0. The number of anilines is 1. The molecule has 0 radical (unpaired) electrons. The summed E-state index contributed by atoms with van der Waals surface area (Å²) in [6.07, 6.45) is 10.6. The van der Waals surface area contributed by atoms with E-state index in [1.165, 1.54) is 0 Å². The first kappa shape index (κ1) is 9.03. The maximum absolute atomic E-state index is 5.15. The fraction of sp³-hybridized carbons (Fsp3) is 0.111. The number of nitrogens with one attached hydrogen (secondary N) is 1. The van der Waals surface area contributed by atoms with E-state index in [1.54, 1.807) is 6.20 Å². The Morgan fingerprint density at radius 2 is 2.50 bits per heavy atom. The minimum absolute atomic E-state index is 0.436. The Morgan fingerprint density at radius 3 is 3.29 bits per heavy atom. The highest BCUT2D eigenvalue weighted by Crippen LogP contribution is 2.16. The molecule has 0 saturated heterocycles. The number of rotatable bonds is 2. The molecule has 0 aliphatic carbocycles. The number of hydrogen-bond donors (Lipinski definition) is 1. The highest BCUT2D eigenvalue weighted by Gasteiger charge is 2.04. The fourth-order valence-electron chi connectivity index (χ4n) is 1.15. The fourth-order valence-corrected chi connectivity index (χ4v) is 1.55. The number of imidazole rings is 1. The average molecular weight is 251 g/mol. The van der Waals surface area contributed by atoms with Crippen LogP contribution in [0.1, 0.15) is 0 Å². The summed E-state index contributed by atoms with van der Waals surface area (Å²) in [5, 5.41) is 3.00. The second-order valence-electron chi connectivity index (χ2n) is 2.63. The van der Waals surface area contributed by atoms with Crippen molar-refractivity contribution in [2.24, 2.45) is 0 Å². The molecule has 0 bridgehead atoms. The molecule has 0 saturated carbocycles. The Hall–Kier alpha value is -1.54. The van der Waals surface area contributed by atoms with Crippen molar-refractivity contribution < 1.29 is 0 Å². The minimum Gasteiger partial charge on any atom is -0.356 e. The number of fused-ring (bicyclic) bond motifs is 1. The zero-order valence-corrected chi connectivity index (χ0v) is 8.82. The van der Waals surface area contributed by atoms with E-state index in [-0.39, 0.29) is 0 Å². The third-order valence-electron chi connectivity index (χ3n) is 1.70. The molecule has 4 nitrogen and oxygen atoms in total. The number of hydrogen-bond acceptors (Lipinski definition) is 3. The Labute approximate surface area is 89.5 Å². The lowest BCUT2D eigenvalue weighted by atomic mass is 10.5. The van der Waals surface area contributed by atoms with Crippen LogP contribution in [0.5, 0.6) is 0 Å². The van der Waals surface area contributed by atoms with Crippen molar-refractivity contribution in [2.45, 2.75) is 0 Å². The summed E-state index contributed by atoms with van der Waals surface area (Å²) in [4.78, 5) is 8.40. The first-order valence-corrected chi connectivity index (χ1v) is 4.77. The van der Waals surface area contributed by atoms with Gasteiger partial charge in [0.15, 0.2) is 11.5 Å². The van der Waals surface area contributed by atoms with Crippen molar-refractivity contribution in [3.05, 3.63) is 23.2 Å². The SMILES string of the molecule is C#CCNc1nc(Br)cn2ccnc12. The first-order chi connectivity index (χ1) is 6.81. The molecular weight excluding hydrogens is 244 g/mol. The van der Waals surface area contributed by atoms with E-state index < -0.39 is 0 Å². The lowest BCUT2D eigenvalue weighted by Crippen LogP contribution is -2.03. The average Bonchev–Trinajstić information content (AvgIpc) is 2.61. The van der Waals surface area contributed by atoms with Gasteiger partial charge in [0.2, 0.25) is 0 Å². The molecule has 70 valence electrons. The lowest BCUT2D eigenvalue weighted by Gasteiger charge is -2.03. The predicted octanol–water partition coefficient (Wildman–Crippen LogP) is 1.54. The molecule has 0 aliphatic heterocycles. The number of aromatic nitrogens is 3. The van der Waals surface area contributed by atoms with Crippen molar-refractivity contribution in [3.63, 3.8) is 0 Å². The molecule has 0 unspecified atom stereocenters. The molecule has 2 rings (SSSR count). The van der Waals surface area contributed by atoms with Crippen LogP contribution in [0.2, 0.25) is 0 Å². The van der Waals surface area contributed by atoms with Gasteiger partial charge in [-0.15, -0.1) is 6.42 Å². The van der Waals surface area contributed by atoms with Gasteiger partial charge in [-0.1, -0.05) is 5.92 Å². The third-order valence-corrected chi connectivity index (χ3v) is 2.08. The standard InChI is InChI=1S/C9H7BrN4/c1-2-3-11-8-9-12-4-5-14(9)6-7(10)13-8/h1,4-6H,3H2,(H,11,13). The summed E-state index contributed by atoms with van der Waals surface area (Å²) in [5.74, 6) is 3.17. The highest BCUT2D eigenvalue weighted by molar-refractivity contribution is 9.10. The Morgan fingerprint density at radius 1 is 1.64 bits per heavy atom. The molecule has 5 heteroatoms. The van der Waals surface area contributed by atoms with Crippen molar-refractivity contribution in [2.75, 3.05) is 11.9 Å². The van der Waals surface area contributed by atoms with Crippen LogP contribution in [0.25, 0.3) is 5.65 Å². The van der Waals surface area contributed by atoms with Crippen molar-refractivity contribution in [3.8, 4) is 12.3 Å². The Balaban J connectivity index is 2.51. The van der Waals surface area contributed by atoms with Gasteiger partial charge in [0, 0.05) is 18.6 Å². The smallest absolute Gasteiger partial charge is 0.180 e. The van der Waals surface area contributed by atoms with Crippen LogP contribution < -0.4 is 5.32 Å². The van der Waals surface area contributed by atoms with Crippen molar-refractivity contribution in [1.82, 2.24) is 14.4 Å². The first-order valence-electron chi connectivity index (χ1n) is 3.98. The quantitative estimate of drug-likeness (QED) is 0.823. The Kier molecular flexibility index (Phi) is 2.37. The van der Waals surface area contributed by atoms with E-state index in [2.05, 4.69) is 37.1 Å². The topological polar surface area (TPSA) is 42.2 Å². The molecule has 0 aliphatic rings. The molecular formula is C9H7BrN4. The molecule has 0 aromatic carbocycles. The van der Waals surface area contributed by atoms with Crippen molar-refractivity contribution in [1.29, 1.82) is 0 Å². The molecule has 14 heavy (non-hydrogen) atoms. The van der Waals surface area contributed by atoms with E-state index in [0.717, 1.165) is 10.3 Å². The monoisotopic (exact) mass is 250 g/mol. The minimum atomic E-state index is 0.436. The number of nitrogens with zero attached hydrogens (tertiary/aromatic N) is 3. The summed E-state index contributed by atoms with van der Waals surface area (Å²) in [6.45, 7) is 0.436. The van der Waals surface area contributed by atoms with E-state index in [0.29, 0.717) is 12.4 Å². The van der Waals surface area contributed by atoms with Gasteiger partial charge in [-0.25, -0.2) is 9.97 Å². The highest BCUT2D eigenvalue weighted by atomic mass is 79.9. The van der Waals surface area contributed by atoms with E-state index >= 15 is 0 Å². The molecule has 1 N–H and O–H groups in total. The van der Waals surface area contributed by atoms with Gasteiger partial charge in [-0.05, 0) is 15.9 Å². The second kappa shape index (κ2) is 3.68. The summed E-state index contributed by atoms with van der Waals surface area (Å²) in [5.41, 5.74) is 0.767. The zero-order chi connectivity index (χ0) is 9.97. The number of terminal acetylenes is 1. The van der Waals surface area contributed by atoms with Crippen LogP contribution in [-0.4, -0.2) is 20.9 Å². The molecule has 0 amide bonds. The van der Waals surface area contributed by atoms with Gasteiger partial charge in [-0.3, -0.25) is 0 Å². The van der Waals surface area contributed by atoms with Crippen LogP contribution in [0, 0.1) is 12.3 Å². The van der Waals surface area contributed by atoms with Crippen LogP contribution in [-0.2, 0) is 0 Å². The summed E-state index contributed by atoms with van der Waals surface area (Å²) < 4.78 is 2.61. The van der Waals surface area contributed by atoms with Gasteiger partial charge < -0.3 is 9.72 Å². The normalized spacial score (nSPS) is 10.0. The Bertz CT molecular complexity index is 497. The maximum atomic E-state index is 5.15. The van der Waals surface area contributed by atoms with Gasteiger partial charge in [0.1, 0.15) is 4.60 Å². The molecule has 0 spiro atoms. The van der Waals surface area contributed by atoms with Crippen LogP contribution in [0.4, 0.5) is 5.82 Å². The number of halogens is 1. The molecule has 0 fully saturated rings. The van der Waals surface area contributed by atoms with Crippen LogP contribution in [0.3, 0.4) is 0 Å². The van der Waals surface area contributed by atoms with Gasteiger partial charge in [0.05, 0.1) is 6.54 Å². The van der Waals surface area contributed by atoms with Crippen molar-refractivity contribution >= 4 is 27.4 Å². The summed E-state index contributed by atoms with van der Waals surface area (Å²) in [7, 11) is 0. The van der Waals surface area contributed by atoms with E-state index in [1.807, 2.05) is 16.8 Å². The van der Waals surface area contributed by atoms with Gasteiger partial charge >= 0.3 is 0 Å². The molecule has 2 aromatic heterocycles. The molecule has 2 aromatic rings. The zero-order valence-electron chi connectivity index (χ0n) is 7.24.